The predicted molar refractivity (Wildman–Crippen MR) is 102 cm³/mol. The van der Waals surface area contributed by atoms with Crippen LogP contribution in [0.4, 0.5) is 0 Å². The highest BCUT2D eigenvalue weighted by molar-refractivity contribution is 5.87. The molecule has 0 N–H and O–H groups in total. The van der Waals surface area contributed by atoms with Gasteiger partial charge in [0.2, 0.25) is 0 Å². The quantitative estimate of drug-likeness (QED) is 0.571. The second-order valence-corrected chi connectivity index (χ2v) is 6.69. The van der Waals surface area contributed by atoms with Gasteiger partial charge in [-0.05, 0) is 35.9 Å². The van der Waals surface area contributed by atoms with Crippen LogP contribution >= 0.6 is 0 Å². The number of ether oxygens (including phenoxy) is 1. The first-order valence-corrected chi connectivity index (χ1v) is 8.98. The minimum Gasteiger partial charge on any atom is -0.379 e. The van der Waals surface area contributed by atoms with E-state index in [1.54, 1.807) is 6.33 Å². The molecule has 1 fully saturated rings. The number of hydrogen-bond acceptors (Lipinski definition) is 4. The van der Waals surface area contributed by atoms with Gasteiger partial charge in [0.05, 0.1) is 24.2 Å². The van der Waals surface area contributed by atoms with Crippen molar-refractivity contribution in [1.29, 1.82) is 0 Å². The SMILES string of the molecule is c1cc(CN2CCOCC2)c2ccn(-c3ccc4ncncc4c3)c2c1. The Morgan fingerprint density at radius 2 is 1.96 bits per heavy atom. The molecular formula is C21H20N4O. The van der Waals surface area contributed by atoms with Crippen molar-refractivity contribution < 1.29 is 4.74 Å². The number of benzene rings is 2. The Morgan fingerprint density at radius 1 is 1.04 bits per heavy atom. The van der Waals surface area contributed by atoms with Gasteiger partial charge in [-0.15, -0.1) is 0 Å². The summed E-state index contributed by atoms with van der Waals surface area (Å²) in [4.78, 5) is 10.9. The van der Waals surface area contributed by atoms with Gasteiger partial charge in [-0.25, -0.2) is 9.97 Å². The van der Waals surface area contributed by atoms with Crippen LogP contribution in [-0.4, -0.2) is 45.7 Å². The smallest absolute Gasteiger partial charge is 0.116 e. The maximum absolute atomic E-state index is 5.47. The van der Waals surface area contributed by atoms with Crippen LogP contribution in [-0.2, 0) is 11.3 Å². The fourth-order valence-electron chi connectivity index (χ4n) is 3.72. The van der Waals surface area contributed by atoms with E-state index in [1.807, 2.05) is 6.20 Å². The van der Waals surface area contributed by atoms with E-state index in [0.717, 1.165) is 49.4 Å². The summed E-state index contributed by atoms with van der Waals surface area (Å²) in [6.45, 7) is 4.63. The normalized spacial score (nSPS) is 15.7. The van der Waals surface area contributed by atoms with E-state index >= 15 is 0 Å². The molecule has 1 saturated heterocycles. The Morgan fingerprint density at radius 3 is 2.88 bits per heavy atom. The van der Waals surface area contributed by atoms with E-state index < -0.39 is 0 Å². The van der Waals surface area contributed by atoms with E-state index in [-0.39, 0.29) is 0 Å². The Hall–Kier alpha value is -2.76. The van der Waals surface area contributed by atoms with Gasteiger partial charge in [-0.2, -0.15) is 0 Å². The monoisotopic (exact) mass is 344 g/mol. The van der Waals surface area contributed by atoms with E-state index in [4.69, 9.17) is 4.74 Å². The first-order chi connectivity index (χ1) is 12.9. The van der Waals surface area contributed by atoms with Gasteiger partial charge in [-0.1, -0.05) is 12.1 Å². The molecule has 2 aromatic carbocycles. The molecule has 130 valence electrons. The third kappa shape index (κ3) is 2.75. The Bertz CT molecular complexity index is 1070. The molecule has 0 amide bonds. The highest BCUT2D eigenvalue weighted by Gasteiger charge is 2.13. The van der Waals surface area contributed by atoms with Gasteiger partial charge >= 0.3 is 0 Å². The standard InChI is InChI=1S/C21H20N4O/c1-2-16(14-24-8-10-26-11-9-24)19-6-7-25(21(19)3-1)18-4-5-20-17(12-18)13-22-15-23-20/h1-7,12-13,15H,8-11,14H2. The first kappa shape index (κ1) is 15.5. The van der Waals surface area contributed by atoms with Gasteiger partial charge in [0, 0.05) is 48.5 Å². The van der Waals surface area contributed by atoms with E-state index in [9.17, 15) is 0 Å². The average molecular weight is 344 g/mol. The van der Waals surface area contributed by atoms with Crippen molar-refractivity contribution in [2.75, 3.05) is 26.3 Å². The number of hydrogen-bond donors (Lipinski definition) is 0. The lowest BCUT2D eigenvalue weighted by Gasteiger charge is -2.26. The first-order valence-electron chi connectivity index (χ1n) is 8.98. The number of aromatic nitrogens is 3. The fraction of sp³-hybridized carbons (Fsp3) is 0.238. The summed E-state index contributed by atoms with van der Waals surface area (Å²) in [5, 5.41) is 2.36. The summed E-state index contributed by atoms with van der Waals surface area (Å²) in [6.07, 6.45) is 5.60. The molecule has 0 radical (unpaired) electrons. The van der Waals surface area contributed by atoms with Crippen LogP contribution in [0.2, 0.25) is 0 Å². The summed E-state index contributed by atoms with van der Waals surface area (Å²) in [6, 6.07) is 15.1. The minimum absolute atomic E-state index is 0.830. The molecule has 4 aromatic rings. The van der Waals surface area contributed by atoms with E-state index in [2.05, 4.69) is 68.1 Å². The van der Waals surface area contributed by atoms with Gasteiger partial charge in [0.25, 0.3) is 0 Å². The van der Waals surface area contributed by atoms with Crippen LogP contribution in [0.15, 0.2) is 61.2 Å². The van der Waals surface area contributed by atoms with Crippen molar-refractivity contribution in [1.82, 2.24) is 19.4 Å². The molecule has 1 aliphatic heterocycles. The second kappa shape index (κ2) is 6.52. The molecule has 0 unspecified atom stereocenters. The zero-order chi connectivity index (χ0) is 17.3. The molecule has 0 bridgehead atoms. The summed E-state index contributed by atoms with van der Waals surface area (Å²) >= 11 is 0. The third-order valence-electron chi connectivity index (χ3n) is 5.09. The van der Waals surface area contributed by atoms with Crippen molar-refractivity contribution in [3.63, 3.8) is 0 Å². The summed E-state index contributed by atoms with van der Waals surface area (Å²) < 4.78 is 7.71. The topological polar surface area (TPSA) is 43.2 Å². The van der Waals surface area contributed by atoms with Crippen molar-refractivity contribution >= 4 is 21.8 Å². The van der Waals surface area contributed by atoms with Crippen LogP contribution in [0.1, 0.15) is 5.56 Å². The fourth-order valence-corrected chi connectivity index (χ4v) is 3.72. The van der Waals surface area contributed by atoms with E-state index in [0.29, 0.717) is 0 Å². The highest BCUT2D eigenvalue weighted by atomic mass is 16.5. The molecule has 0 atom stereocenters. The molecule has 1 aliphatic rings. The molecule has 0 spiro atoms. The third-order valence-corrected chi connectivity index (χ3v) is 5.09. The van der Waals surface area contributed by atoms with Crippen molar-refractivity contribution in [2.24, 2.45) is 0 Å². The molecule has 0 saturated carbocycles. The van der Waals surface area contributed by atoms with Crippen LogP contribution in [0.25, 0.3) is 27.5 Å². The largest absolute Gasteiger partial charge is 0.379 e. The van der Waals surface area contributed by atoms with Crippen LogP contribution in [0, 0.1) is 0 Å². The molecule has 2 aromatic heterocycles. The molecule has 3 heterocycles. The number of rotatable bonds is 3. The lowest BCUT2D eigenvalue weighted by Crippen LogP contribution is -2.35. The van der Waals surface area contributed by atoms with Gasteiger partial charge < -0.3 is 9.30 Å². The van der Waals surface area contributed by atoms with Crippen molar-refractivity contribution in [2.45, 2.75) is 6.54 Å². The summed E-state index contributed by atoms with van der Waals surface area (Å²) in [5.74, 6) is 0. The maximum Gasteiger partial charge on any atom is 0.116 e. The van der Waals surface area contributed by atoms with Gasteiger partial charge in [0.15, 0.2) is 0 Å². The van der Waals surface area contributed by atoms with Crippen molar-refractivity contribution in [3.8, 4) is 5.69 Å². The molecule has 0 aliphatic carbocycles. The van der Waals surface area contributed by atoms with Gasteiger partial charge in [0.1, 0.15) is 6.33 Å². The zero-order valence-electron chi connectivity index (χ0n) is 14.5. The number of morpholine rings is 1. The Kier molecular flexibility index (Phi) is 3.88. The van der Waals surface area contributed by atoms with Crippen LogP contribution in [0.5, 0.6) is 0 Å². The Balaban J connectivity index is 1.55. The Labute approximate surface area is 151 Å². The lowest BCUT2D eigenvalue weighted by atomic mass is 10.1. The molecular weight excluding hydrogens is 324 g/mol. The number of fused-ring (bicyclic) bond motifs is 2. The summed E-state index contributed by atoms with van der Waals surface area (Å²) in [7, 11) is 0. The van der Waals surface area contributed by atoms with Crippen LogP contribution in [0.3, 0.4) is 0 Å². The lowest BCUT2D eigenvalue weighted by molar-refractivity contribution is 0.0344. The molecule has 5 rings (SSSR count). The maximum atomic E-state index is 5.47. The van der Waals surface area contributed by atoms with Gasteiger partial charge in [-0.3, -0.25) is 4.90 Å². The van der Waals surface area contributed by atoms with E-state index in [1.165, 1.54) is 16.5 Å². The average Bonchev–Trinajstić information content (AvgIpc) is 3.14. The minimum atomic E-state index is 0.830. The molecule has 26 heavy (non-hydrogen) atoms. The van der Waals surface area contributed by atoms with Crippen LogP contribution < -0.4 is 0 Å². The molecule has 5 nitrogen and oxygen atoms in total. The second-order valence-electron chi connectivity index (χ2n) is 6.69. The van der Waals surface area contributed by atoms with Crippen molar-refractivity contribution in [3.05, 3.63) is 66.7 Å². The zero-order valence-corrected chi connectivity index (χ0v) is 14.5. The molecule has 5 heteroatoms. The summed E-state index contributed by atoms with van der Waals surface area (Å²) in [5.41, 5.74) is 4.69. The highest BCUT2D eigenvalue weighted by Crippen LogP contribution is 2.26. The predicted octanol–water partition coefficient (Wildman–Crippen LogP) is 3.41. The number of nitrogens with zero attached hydrogens (tertiary/aromatic N) is 4.